The molecular formula is C11H23NO3. The highest BCUT2D eigenvalue weighted by molar-refractivity contribution is 4.87. The number of hydrogen-bond acceptors (Lipinski definition) is 4. The molecule has 0 amide bonds. The Balaban J connectivity index is 2.39. The van der Waals surface area contributed by atoms with Crippen molar-refractivity contribution in [2.24, 2.45) is 11.7 Å². The maximum Gasteiger partial charge on any atom is 0.100 e. The van der Waals surface area contributed by atoms with Gasteiger partial charge in [0.05, 0.1) is 18.8 Å². The molecule has 0 spiro atoms. The average Bonchev–Trinajstić information content (AvgIpc) is 2.28. The van der Waals surface area contributed by atoms with Crippen molar-refractivity contribution in [3.63, 3.8) is 0 Å². The highest BCUT2D eigenvalue weighted by atomic mass is 16.5. The highest BCUT2D eigenvalue weighted by Gasteiger charge is 2.34. The average molecular weight is 217 g/mol. The van der Waals surface area contributed by atoms with Gasteiger partial charge < -0.3 is 20.7 Å². The lowest BCUT2D eigenvalue weighted by Crippen LogP contribution is -2.45. The minimum atomic E-state index is -0.784. The summed E-state index contributed by atoms with van der Waals surface area (Å²) in [6, 6.07) is 0. The van der Waals surface area contributed by atoms with E-state index in [1.165, 1.54) is 0 Å². The Hall–Kier alpha value is -0.160. The fraction of sp³-hybridized carbons (Fsp3) is 1.00. The fourth-order valence-corrected chi connectivity index (χ4v) is 2.02. The van der Waals surface area contributed by atoms with E-state index in [4.69, 9.17) is 15.6 Å². The van der Waals surface area contributed by atoms with Crippen LogP contribution in [0.4, 0.5) is 0 Å². The van der Waals surface area contributed by atoms with Gasteiger partial charge in [0.25, 0.3) is 0 Å². The first-order chi connectivity index (χ1) is 7.12. The molecular weight excluding hydrogens is 194 g/mol. The second kappa shape index (κ2) is 5.80. The van der Waals surface area contributed by atoms with Crippen molar-refractivity contribution in [2.45, 2.75) is 44.3 Å². The molecule has 1 saturated carbocycles. The van der Waals surface area contributed by atoms with Gasteiger partial charge in [0.1, 0.15) is 6.10 Å². The van der Waals surface area contributed by atoms with Crippen molar-refractivity contribution in [3.8, 4) is 0 Å². The van der Waals surface area contributed by atoms with E-state index >= 15 is 0 Å². The lowest BCUT2D eigenvalue weighted by Gasteiger charge is -2.38. The van der Waals surface area contributed by atoms with Crippen LogP contribution in [-0.2, 0) is 4.74 Å². The van der Waals surface area contributed by atoms with E-state index < -0.39 is 6.10 Å². The Bertz CT molecular complexity index is 179. The van der Waals surface area contributed by atoms with Gasteiger partial charge >= 0.3 is 0 Å². The molecule has 1 fully saturated rings. The molecule has 1 aliphatic carbocycles. The van der Waals surface area contributed by atoms with Crippen LogP contribution in [-0.4, -0.2) is 41.7 Å². The number of hydrogen-bond donors (Lipinski definition) is 3. The van der Waals surface area contributed by atoms with Gasteiger partial charge in [0, 0.05) is 6.54 Å². The van der Waals surface area contributed by atoms with Crippen LogP contribution >= 0.6 is 0 Å². The van der Waals surface area contributed by atoms with E-state index in [9.17, 15) is 5.11 Å². The molecule has 15 heavy (non-hydrogen) atoms. The van der Waals surface area contributed by atoms with Gasteiger partial charge in [-0.15, -0.1) is 0 Å². The summed E-state index contributed by atoms with van der Waals surface area (Å²) in [7, 11) is 0. The maximum absolute atomic E-state index is 9.23. The summed E-state index contributed by atoms with van der Waals surface area (Å²) >= 11 is 0. The molecule has 0 aliphatic heterocycles. The van der Waals surface area contributed by atoms with Crippen molar-refractivity contribution in [3.05, 3.63) is 0 Å². The zero-order chi connectivity index (χ0) is 11.3. The standard InChI is InChI=1S/C11H23NO3/c1-9-2-4-11(8-12,5-3-9)15-7-10(14)6-13/h9-10,13-14H,2-8,12H2,1H3. The van der Waals surface area contributed by atoms with Gasteiger partial charge in [-0.25, -0.2) is 0 Å². The minimum Gasteiger partial charge on any atom is -0.394 e. The van der Waals surface area contributed by atoms with Gasteiger partial charge in [-0.1, -0.05) is 6.92 Å². The summed E-state index contributed by atoms with van der Waals surface area (Å²) in [5.41, 5.74) is 5.48. The molecule has 0 radical (unpaired) electrons. The molecule has 0 heterocycles. The Morgan fingerprint density at radius 3 is 2.53 bits per heavy atom. The first kappa shape index (κ1) is 12.9. The molecule has 0 bridgehead atoms. The van der Waals surface area contributed by atoms with Crippen molar-refractivity contribution in [1.82, 2.24) is 0 Å². The Labute approximate surface area is 91.4 Å². The molecule has 4 nitrogen and oxygen atoms in total. The van der Waals surface area contributed by atoms with Crippen LogP contribution in [0.2, 0.25) is 0 Å². The molecule has 1 rings (SSSR count). The second-order valence-electron chi connectivity index (χ2n) is 4.72. The summed E-state index contributed by atoms with van der Waals surface area (Å²) in [6.07, 6.45) is 3.40. The summed E-state index contributed by atoms with van der Waals surface area (Å²) in [4.78, 5) is 0. The molecule has 0 aromatic carbocycles. The van der Waals surface area contributed by atoms with Crippen molar-refractivity contribution in [1.29, 1.82) is 0 Å². The Morgan fingerprint density at radius 1 is 1.47 bits per heavy atom. The van der Waals surface area contributed by atoms with E-state index in [1.807, 2.05) is 0 Å². The third-order valence-corrected chi connectivity index (χ3v) is 3.35. The molecule has 1 atom stereocenters. The Kier molecular flexibility index (Phi) is 4.99. The number of nitrogens with two attached hydrogens (primary N) is 1. The van der Waals surface area contributed by atoms with Gasteiger partial charge in [0.15, 0.2) is 0 Å². The zero-order valence-corrected chi connectivity index (χ0v) is 9.48. The van der Waals surface area contributed by atoms with Gasteiger partial charge in [-0.2, -0.15) is 0 Å². The molecule has 4 heteroatoms. The molecule has 0 aromatic heterocycles. The monoisotopic (exact) mass is 217 g/mol. The maximum atomic E-state index is 9.23. The van der Waals surface area contributed by atoms with Crippen molar-refractivity contribution < 1.29 is 14.9 Å². The zero-order valence-electron chi connectivity index (χ0n) is 9.48. The number of aliphatic hydroxyl groups is 2. The van der Waals surface area contributed by atoms with Crippen LogP contribution in [0.25, 0.3) is 0 Å². The van der Waals surface area contributed by atoms with E-state index in [1.54, 1.807) is 0 Å². The van der Waals surface area contributed by atoms with Gasteiger partial charge in [0.2, 0.25) is 0 Å². The summed E-state index contributed by atoms with van der Waals surface area (Å²) < 4.78 is 5.69. The topological polar surface area (TPSA) is 75.7 Å². The number of ether oxygens (including phenoxy) is 1. The van der Waals surface area contributed by atoms with Crippen LogP contribution in [0, 0.1) is 5.92 Å². The SMILES string of the molecule is CC1CCC(CN)(OCC(O)CO)CC1. The lowest BCUT2D eigenvalue weighted by molar-refractivity contribution is -0.105. The first-order valence-corrected chi connectivity index (χ1v) is 5.75. The number of rotatable bonds is 5. The van der Waals surface area contributed by atoms with Gasteiger partial charge in [-0.3, -0.25) is 0 Å². The third-order valence-electron chi connectivity index (χ3n) is 3.35. The molecule has 0 aromatic rings. The quantitative estimate of drug-likeness (QED) is 0.617. The predicted molar refractivity (Wildman–Crippen MR) is 58.5 cm³/mol. The second-order valence-corrected chi connectivity index (χ2v) is 4.72. The van der Waals surface area contributed by atoms with Crippen LogP contribution in [0.3, 0.4) is 0 Å². The number of aliphatic hydroxyl groups excluding tert-OH is 2. The molecule has 0 saturated heterocycles. The molecule has 4 N–H and O–H groups in total. The van der Waals surface area contributed by atoms with Crippen LogP contribution in [0.5, 0.6) is 0 Å². The van der Waals surface area contributed by atoms with E-state index in [0.29, 0.717) is 6.54 Å². The highest BCUT2D eigenvalue weighted by Crippen LogP contribution is 2.34. The normalized spacial score (nSPS) is 34.0. The van der Waals surface area contributed by atoms with E-state index in [0.717, 1.165) is 31.6 Å². The van der Waals surface area contributed by atoms with Crippen molar-refractivity contribution in [2.75, 3.05) is 19.8 Å². The summed E-state index contributed by atoms with van der Waals surface area (Å²) in [6.45, 7) is 2.67. The van der Waals surface area contributed by atoms with Crippen LogP contribution in [0.15, 0.2) is 0 Å². The fourth-order valence-electron chi connectivity index (χ4n) is 2.02. The van der Waals surface area contributed by atoms with E-state index in [-0.39, 0.29) is 18.8 Å². The Morgan fingerprint density at radius 2 is 2.07 bits per heavy atom. The predicted octanol–water partition coefficient (Wildman–Crippen LogP) is 0.264. The van der Waals surface area contributed by atoms with E-state index in [2.05, 4.69) is 6.92 Å². The first-order valence-electron chi connectivity index (χ1n) is 5.75. The molecule has 1 unspecified atom stereocenters. The smallest absolute Gasteiger partial charge is 0.100 e. The van der Waals surface area contributed by atoms with Crippen molar-refractivity contribution >= 4 is 0 Å². The molecule has 90 valence electrons. The van der Waals surface area contributed by atoms with Crippen LogP contribution < -0.4 is 5.73 Å². The minimum absolute atomic E-state index is 0.183. The third kappa shape index (κ3) is 3.72. The largest absolute Gasteiger partial charge is 0.394 e. The molecule has 1 aliphatic rings. The van der Waals surface area contributed by atoms with Crippen LogP contribution in [0.1, 0.15) is 32.6 Å². The summed E-state index contributed by atoms with van der Waals surface area (Å²) in [5.74, 6) is 0.746. The summed E-state index contributed by atoms with van der Waals surface area (Å²) in [5, 5.41) is 17.9. The van der Waals surface area contributed by atoms with Gasteiger partial charge in [-0.05, 0) is 31.6 Å². The lowest BCUT2D eigenvalue weighted by atomic mass is 9.79.